The van der Waals surface area contributed by atoms with Gasteiger partial charge in [-0.3, -0.25) is 10.3 Å². The zero-order chi connectivity index (χ0) is 21.1. The van der Waals surface area contributed by atoms with Crippen LogP contribution in [0.25, 0.3) is 0 Å². The molecule has 0 aliphatic carbocycles. The molecule has 2 aromatic rings. The first-order valence-electron chi connectivity index (χ1n) is 9.00. The molecule has 2 heterocycles. The summed E-state index contributed by atoms with van der Waals surface area (Å²) in [7, 11) is 0. The number of aryl methyl sites for hydroxylation is 1. The van der Waals surface area contributed by atoms with Crippen LogP contribution >= 0.6 is 0 Å². The molecule has 1 aliphatic rings. The number of hydrogen-bond acceptors (Lipinski definition) is 3. The SMILES string of the molecule is Cc1cccnc1C1(F)CCN(C(=Nc2ccc(C(F)(F)F)cc2)NC#N)CC1. The summed E-state index contributed by atoms with van der Waals surface area (Å²) in [6, 6.07) is 7.86. The van der Waals surface area contributed by atoms with Gasteiger partial charge < -0.3 is 4.90 Å². The van der Waals surface area contributed by atoms with Crippen molar-refractivity contribution in [2.75, 3.05) is 13.1 Å². The number of piperidine rings is 1. The number of benzene rings is 1. The topological polar surface area (TPSA) is 64.3 Å². The van der Waals surface area contributed by atoms with E-state index < -0.39 is 17.4 Å². The van der Waals surface area contributed by atoms with Crippen molar-refractivity contribution in [3.8, 4) is 6.19 Å². The fourth-order valence-electron chi connectivity index (χ4n) is 3.34. The average molecular weight is 405 g/mol. The molecule has 152 valence electrons. The van der Waals surface area contributed by atoms with Crippen LogP contribution in [0.15, 0.2) is 47.6 Å². The molecule has 1 aromatic heterocycles. The summed E-state index contributed by atoms with van der Waals surface area (Å²) < 4.78 is 53.5. The number of aliphatic imine (C=N–C) groups is 1. The minimum Gasteiger partial charge on any atom is -0.342 e. The fraction of sp³-hybridized carbons (Fsp3) is 0.350. The number of pyridine rings is 1. The molecule has 0 saturated carbocycles. The maximum absolute atomic E-state index is 15.5. The standard InChI is InChI=1S/C20H19F4N5/c1-14-3-2-10-26-17(14)19(21)8-11-29(12-9-19)18(27-13-25)28-16-6-4-15(5-7-16)20(22,23)24/h2-7,10H,8-9,11-12H2,1H3,(H,27,28). The van der Waals surface area contributed by atoms with Crippen molar-refractivity contribution in [1.82, 2.24) is 15.2 Å². The van der Waals surface area contributed by atoms with Gasteiger partial charge in [0.15, 0.2) is 11.9 Å². The number of halogens is 4. The Morgan fingerprint density at radius 2 is 1.86 bits per heavy atom. The molecule has 0 unspecified atom stereocenters. The number of alkyl halides is 4. The molecule has 0 spiro atoms. The molecule has 9 heteroatoms. The number of rotatable bonds is 2. The van der Waals surface area contributed by atoms with Crippen LogP contribution in [0, 0.1) is 18.4 Å². The third-order valence-electron chi connectivity index (χ3n) is 4.89. The number of nitriles is 1. The van der Waals surface area contributed by atoms with Crippen molar-refractivity contribution in [2.45, 2.75) is 31.6 Å². The van der Waals surface area contributed by atoms with Gasteiger partial charge in [0, 0.05) is 32.1 Å². The number of aromatic nitrogens is 1. The minimum atomic E-state index is -4.43. The van der Waals surface area contributed by atoms with E-state index in [0.717, 1.165) is 17.7 Å². The first-order valence-corrected chi connectivity index (χ1v) is 9.00. The lowest BCUT2D eigenvalue weighted by molar-refractivity contribution is -0.137. The summed E-state index contributed by atoms with van der Waals surface area (Å²) in [5, 5.41) is 11.5. The van der Waals surface area contributed by atoms with Gasteiger partial charge in [0.25, 0.3) is 0 Å². The van der Waals surface area contributed by atoms with E-state index in [1.165, 1.54) is 12.1 Å². The van der Waals surface area contributed by atoms with Crippen LogP contribution in [0.4, 0.5) is 23.2 Å². The van der Waals surface area contributed by atoms with Gasteiger partial charge in [-0.05, 0) is 42.8 Å². The van der Waals surface area contributed by atoms with E-state index in [4.69, 9.17) is 5.26 Å². The number of guanidine groups is 1. The second-order valence-corrected chi connectivity index (χ2v) is 6.84. The number of nitrogens with one attached hydrogen (secondary N) is 1. The lowest BCUT2D eigenvalue weighted by Gasteiger charge is -2.37. The van der Waals surface area contributed by atoms with Crippen molar-refractivity contribution in [3.63, 3.8) is 0 Å². The summed E-state index contributed by atoms with van der Waals surface area (Å²) in [6.45, 7) is 2.37. The van der Waals surface area contributed by atoms with Crippen molar-refractivity contribution in [1.29, 1.82) is 5.26 Å². The Balaban J connectivity index is 1.77. The molecule has 0 atom stereocenters. The molecule has 1 N–H and O–H groups in total. The maximum atomic E-state index is 15.5. The molecule has 0 bridgehead atoms. The van der Waals surface area contributed by atoms with Gasteiger partial charge in [-0.25, -0.2) is 9.38 Å². The van der Waals surface area contributed by atoms with Crippen LogP contribution in [0.5, 0.6) is 0 Å². The lowest BCUT2D eigenvalue weighted by atomic mass is 9.87. The van der Waals surface area contributed by atoms with Gasteiger partial charge in [0.05, 0.1) is 16.9 Å². The van der Waals surface area contributed by atoms with Gasteiger partial charge in [-0.1, -0.05) is 6.07 Å². The van der Waals surface area contributed by atoms with Crippen molar-refractivity contribution in [2.24, 2.45) is 4.99 Å². The van der Waals surface area contributed by atoms with Crippen LogP contribution in [0.2, 0.25) is 0 Å². The summed E-state index contributed by atoms with van der Waals surface area (Å²) in [5.74, 6) is 0.173. The molecule has 0 radical (unpaired) electrons. The molecular formula is C20H19F4N5. The van der Waals surface area contributed by atoms with Crippen molar-refractivity contribution >= 4 is 11.6 Å². The molecule has 5 nitrogen and oxygen atoms in total. The zero-order valence-corrected chi connectivity index (χ0v) is 15.7. The summed E-state index contributed by atoms with van der Waals surface area (Å²) in [6.07, 6.45) is -0.786. The quantitative estimate of drug-likeness (QED) is 0.264. The van der Waals surface area contributed by atoms with E-state index in [2.05, 4.69) is 15.3 Å². The Bertz CT molecular complexity index is 923. The predicted octanol–water partition coefficient (Wildman–Crippen LogP) is 4.43. The van der Waals surface area contributed by atoms with E-state index >= 15 is 4.39 Å². The second-order valence-electron chi connectivity index (χ2n) is 6.84. The van der Waals surface area contributed by atoms with Gasteiger partial charge in [-0.2, -0.15) is 18.4 Å². The fourth-order valence-corrected chi connectivity index (χ4v) is 3.34. The third kappa shape index (κ3) is 4.65. The largest absolute Gasteiger partial charge is 0.416 e. The summed E-state index contributed by atoms with van der Waals surface area (Å²) >= 11 is 0. The second kappa shape index (κ2) is 8.07. The molecule has 1 fully saturated rings. The highest BCUT2D eigenvalue weighted by molar-refractivity contribution is 5.84. The molecule has 1 saturated heterocycles. The Morgan fingerprint density at radius 1 is 1.21 bits per heavy atom. The highest BCUT2D eigenvalue weighted by Gasteiger charge is 2.39. The molecule has 0 amide bonds. The normalized spacial score (nSPS) is 17.0. The Labute approximate surface area is 165 Å². The van der Waals surface area contributed by atoms with E-state index in [1.807, 2.05) is 13.0 Å². The number of likely N-dealkylation sites (tertiary alicyclic amines) is 1. The molecule has 3 rings (SSSR count). The van der Waals surface area contributed by atoms with E-state index in [-0.39, 0.29) is 37.6 Å². The van der Waals surface area contributed by atoms with Crippen LogP contribution in [0.1, 0.15) is 29.7 Å². The van der Waals surface area contributed by atoms with Crippen molar-refractivity contribution in [3.05, 3.63) is 59.4 Å². The Morgan fingerprint density at radius 3 is 2.41 bits per heavy atom. The number of nitrogens with zero attached hydrogens (tertiary/aromatic N) is 4. The maximum Gasteiger partial charge on any atom is 0.416 e. The van der Waals surface area contributed by atoms with Gasteiger partial charge in [0.1, 0.15) is 0 Å². The average Bonchev–Trinajstić information content (AvgIpc) is 2.68. The molecule has 1 aliphatic heterocycles. The van der Waals surface area contributed by atoms with Crippen LogP contribution in [-0.4, -0.2) is 28.9 Å². The monoisotopic (exact) mass is 405 g/mol. The number of hydrogen-bond donors (Lipinski definition) is 1. The van der Waals surface area contributed by atoms with Gasteiger partial charge in [0.2, 0.25) is 5.96 Å². The lowest BCUT2D eigenvalue weighted by Crippen LogP contribution is -2.47. The summed E-state index contributed by atoms with van der Waals surface area (Å²) in [5.41, 5.74) is -0.912. The predicted molar refractivity (Wildman–Crippen MR) is 99.9 cm³/mol. The van der Waals surface area contributed by atoms with Gasteiger partial charge in [-0.15, -0.1) is 0 Å². The van der Waals surface area contributed by atoms with E-state index in [9.17, 15) is 13.2 Å². The molecule has 29 heavy (non-hydrogen) atoms. The third-order valence-corrected chi connectivity index (χ3v) is 4.89. The van der Waals surface area contributed by atoms with Crippen LogP contribution in [-0.2, 0) is 11.8 Å². The smallest absolute Gasteiger partial charge is 0.342 e. The van der Waals surface area contributed by atoms with E-state index in [0.29, 0.717) is 5.69 Å². The molecular weight excluding hydrogens is 386 g/mol. The Kier molecular flexibility index (Phi) is 5.73. The van der Waals surface area contributed by atoms with Gasteiger partial charge >= 0.3 is 6.18 Å². The first kappa shape index (κ1) is 20.6. The zero-order valence-electron chi connectivity index (χ0n) is 15.7. The van der Waals surface area contributed by atoms with Crippen LogP contribution < -0.4 is 5.32 Å². The minimum absolute atomic E-state index is 0.157. The highest BCUT2D eigenvalue weighted by atomic mass is 19.4. The molecule has 1 aromatic carbocycles. The highest BCUT2D eigenvalue weighted by Crippen LogP contribution is 2.37. The van der Waals surface area contributed by atoms with Crippen LogP contribution in [0.3, 0.4) is 0 Å². The first-order chi connectivity index (χ1) is 13.7. The van der Waals surface area contributed by atoms with Crippen molar-refractivity contribution < 1.29 is 17.6 Å². The van der Waals surface area contributed by atoms with E-state index in [1.54, 1.807) is 23.4 Å². The summed E-state index contributed by atoms with van der Waals surface area (Å²) in [4.78, 5) is 10.1. The Hall–Kier alpha value is -3.15.